The molecule has 2 N–H and O–H groups in total. The second-order valence-electron chi connectivity index (χ2n) is 12.2. The van der Waals surface area contributed by atoms with Crippen LogP contribution in [0.5, 0.6) is 0 Å². The summed E-state index contributed by atoms with van der Waals surface area (Å²) >= 11 is 0. The van der Waals surface area contributed by atoms with E-state index in [0.29, 0.717) is 12.8 Å². The van der Waals surface area contributed by atoms with Crippen LogP contribution in [-0.4, -0.2) is 45.2 Å². The molecule has 242 valence electrons. The van der Waals surface area contributed by atoms with Gasteiger partial charge in [0.15, 0.2) is 0 Å². The Hall–Kier alpha value is -0.294. The monoisotopic (exact) mass is 593 g/mol. The summed E-state index contributed by atoms with van der Waals surface area (Å²) in [6.07, 6.45) is 40.4. The van der Waals surface area contributed by atoms with Crippen molar-refractivity contribution in [2.75, 3.05) is 0 Å². The van der Waals surface area contributed by atoms with Crippen LogP contribution in [0.4, 0.5) is 0 Å². The van der Waals surface area contributed by atoms with Crippen molar-refractivity contribution in [1.82, 2.24) is 0 Å². The van der Waals surface area contributed by atoms with Crippen LogP contribution < -0.4 is 0 Å². The summed E-state index contributed by atoms with van der Waals surface area (Å²) < 4.78 is 0. The summed E-state index contributed by atoms with van der Waals surface area (Å²) in [6, 6.07) is 0. The van der Waals surface area contributed by atoms with Crippen LogP contribution in [0.2, 0.25) is 0 Å². The summed E-state index contributed by atoms with van der Waals surface area (Å²) in [7, 11) is 0. The maximum atomic E-state index is 10.3. The SMILES string of the molecule is CCCCCCCCCCCCCCCCCC(=O)O.CCCCCCCCCCCCCCCCCC(=O)O.[Mg]. The second kappa shape index (κ2) is 41.8. The summed E-state index contributed by atoms with van der Waals surface area (Å²) in [5, 5.41) is 17.0. The standard InChI is InChI=1S/2C18H36O2.Mg/c2*1-2-3-4-5-6-7-8-9-10-11-12-13-14-15-16-17-18(19)20;/h2*2-17H2,1H3,(H,19,20);. The van der Waals surface area contributed by atoms with Crippen molar-refractivity contribution >= 4 is 35.0 Å². The van der Waals surface area contributed by atoms with E-state index in [1.54, 1.807) is 0 Å². The highest BCUT2D eigenvalue weighted by Crippen LogP contribution is 2.15. The zero-order valence-corrected chi connectivity index (χ0v) is 29.5. The molecule has 0 aromatic carbocycles. The molecule has 0 aromatic heterocycles. The van der Waals surface area contributed by atoms with Crippen LogP contribution in [-0.2, 0) is 9.59 Å². The van der Waals surface area contributed by atoms with E-state index in [1.807, 2.05) is 0 Å². The van der Waals surface area contributed by atoms with Crippen molar-refractivity contribution in [3.05, 3.63) is 0 Å². The third-order valence-corrected chi connectivity index (χ3v) is 7.99. The first-order valence-electron chi connectivity index (χ1n) is 18.0. The fourth-order valence-corrected chi connectivity index (χ4v) is 5.30. The molecule has 0 fully saturated rings. The van der Waals surface area contributed by atoms with E-state index in [9.17, 15) is 9.59 Å². The van der Waals surface area contributed by atoms with Crippen molar-refractivity contribution in [3.8, 4) is 0 Å². The number of hydrogen-bond donors (Lipinski definition) is 2. The van der Waals surface area contributed by atoms with Crippen LogP contribution in [0.15, 0.2) is 0 Å². The van der Waals surface area contributed by atoms with Gasteiger partial charge in [-0.2, -0.15) is 0 Å². The zero-order valence-electron chi connectivity index (χ0n) is 28.0. The highest BCUT2D eigenvalue weighted by molar-refractivity contribution is 5.75. The molecule has 0 bridgehead atoms. The zero-order chi connectivity index (χ0) is 29.8. The summed E-state index contributed by atoms with van der Waals surface area (Å²) in [5.41, 5.74) is 0. The van der Waals surface area contributed by atoms with Gasteiger partial charge in [-0.1, -0.05) is 194 Å². The predicted molar refractivity (Wildman–Crippen MR) is 180 cm³/mol. The number of hydrogen-bond acceptors (Lipinski definition) is 2. The Morgan fingerprint density at radius 3 is 0.610 bits per heavy atom. The smallest absolute Gasteiger partial charge is 0.303 e. The fraction of sp³-hybridized carbons (Fsp3) is 0.944. The molecule has 0 unspecified atom stereocenters. The lowest BCUT2D eigenvalue weighted by Gasteiger charge is -2.03. The second-order valence-corrected chi connectivity index (χ2v) is 12.2. The third kappa shape index (κ3) is 49.7. The molecule has 0 spiro atoms. The van der Waals surface area contributed by atoms with Crippen molar-refractivity contribution in [1.29, 1.82) is 0 Å². The van der Waals surface area contributed by atoms with E-state index in [4.69, 9.17) is 10.2 Å². The number of rotatable bonds is 32. The van der Waals surface area contributed by atoms with E-state index in [0.717, 1.165) is 25.7 Å². The number of carbonyl (C=O) groups is 2. The average molecular weight is 593 g/mol. The van der Waals surface area contributed by atoms with E-state index in [2.05, 4.69) is 13.8 Å². The lowest BCUT2D eigenvalue weighted by atomic mass is 10.0. The molecule has 0 aliphatic heterocycles. The van der Waals surface area contributed by atoms with Crippen molar-refractivity contribution in [2.45, 2.75) is 219 Å². The van der Waals surface area contributed by atoms with Crippen LogP contribution in [0.1, 0.15) is 219 Å². The fourth-order valence-electron chi connectivity index (χ4n) is 5.30. The van der Waals surface area contributed by atoms with Crippen molar-refractivity contribution in [2.24, 2.45) is 0 Å². The van der Waals surface area contributed by atoms with Gasteiger partial charge >= 0.3 is 11.9 Å². The molecular weight excluding hydrogens is 521 g/mol. The van der Waals surface area contributed by atoms with Gasteiger partial charge in [0.25, 0.3) is 0 Å². The Morgan fingerprint density at radius 1 is 0.317 bits per heavy atom. The number of carboxylic acid groups (broad SMARTS) is 2. The molecule has 0 rings (SSSR count). The van der Waals surface area contributed by atoms with E-state index in [-0.39, 0.29) is 23.1 Å². The lowest BCUT2D eigenvalue weighted by Crippen LogP contribution is -1.93. The van der Waals surface area contributed by atoms with Gasteiger partial charge < -0.3 is 10.2 Å². The van der Waals surface area contributed by atoms with Crippen LogP contribution in [0.25, 0.3) is 0 Å². The summed E-state index contributed by atoms with van der Waals surface area (Å²) in [5.74, 6) is -1.31. The van der Waals surface area contributed by atoms with E-state index >= 15 is 0 Å². The molecule has 5 heteroatoms. The maximum absolute atomic E-state index is 10.3. The lowest BCUT2D eigenvalue weighted by molar-refractivity contribution is -0.138. The van der Waals surface area contributed by atoms with Crippen LogP contribution in [0, 0.1) is 0 Å². The Labute approximate surface area is 273 Å². The number of carboxylic acids is 2. The minimum atomic E-state index is -0.653. The Bertz CT molecular complexity index is 454. The molecule has 0 aliphatic carbocycles. The van der Waals surface area contributed by atoms with Crippen LogP contribution >= 0.6 is 0 Å². The first-order chi connectivity index (χ1) is 19.5. The third-order valence-electron chi connectivity index (χ3n) is 7.99. The summed E-state index contributed by atoms with van der Waals surface area (Å²) in [6.45, 7) is 4.54. The van der Waals surface area contributed by atoms with E-state index < -0.39 is 11.9 Å². The Balaban J connectivity index is -0.000000688. The summed E-state index contributed by atoms with van der Waals surface area (Å²) in [4.78, 5) is 20.7. The first-order valence-corrected chi connectivity index (χ1v) is 18.0. The van der Waals surface area contributed by atoms with Crippen molar-refractivity contribution < 1.29 is 19.8 Å². The van der Waals surface area contributed by atoms with Crippen molar-refractivity contribution in [3.63, 3.8) is 0 Å². The van der Waals surface area contributed by atoms with Gasteiger partial charge in [0.2, 0.25) is 0 Å². The predicted octanol–water partition coefficient (Wildman–Crippen LogP) is 12.3. The molecule has 0 heterocycles. The molecule has 0 saturated carbocycles. The van der Waals surface area contributed by atoms with Gasteiger partial charge in [0.1, 0.15) is 0 Å². The van der Waals surface area contributed by atoms with Crippen LogP contribution in [0.3, 0.4) is 0 Å². The topological polar surface area (TPSA) is 74.6 Å². The molecule has 0 aromatic rings. The minimum Gasteiger partial charge on any atom is -0.481 e. The number of aliphatic carboxylic acids is 2. The molecule has 0 saturated heterocycles. The van der Waals surface area contributed by atoms with Gasteiger partial charge in [0, 0.05) is 35.9 Å². The Morgan fingerprint density at radius 2 is 0.463 bits per heavy atom. The average Bonchev–Trinajstić information content (AvgIpc) is 2.93. The Kier molecular flexibility index (Phi) is 46.1. The quantitative estimate of drug-likeness (QED) is 0.0601. The highest BCUT2D eigenvalue weighted by Gasteiger charge is 1.98. The minimum absolute atomic E-state index is 0. The molecule has 41 heavy (non-hydrogen) atoms. The van der Waals surface area contributed by atoms with Gasteiger partial charge in [-0.15, -0.1) is 0 Å². The van der Waals surface area contributed by atoms with Gasteiger partial charge in [-0.3, -0.25) is 9.59 Å². The molecule has 2 radical (unpaired) electrons. The van der Waals surface area contributed by atoms with Gasteiger partial charge in [-0.25, -0.2) is 0 Å². The largest absolute Gasteiger partial charge is 0.481 e. The highest BCUT2D eigenvalue weighted by atomic mass is 24.3. The molecule has 0 amide bonds. The molecule has 0 aliphatic rings. The van der Waals surface area contributed by atoms with E-state index in [1.165, 1.54) is 167 Å². The first kappa shape index (κ1) is 45.1. The molecular formula is C36H72MgO4. The maximum Gasteiger partial charge on any atom is 0.303 e. The molecule has 4 nitrogen and oxygen atoms in total. The number of unbranched alkanes of at least 4 members (excludes halogenated alkanes) is 28. The van der Waals surface area contributed by atoms with Gasteiger partial charge in [-0.05, 0) is 12.8 Å². The normalized spacial score (nSPS) is 10.6. The van der Waals surface area contributed by atoms with Gasteiger partial charge in [0.05, 0.1) is 0 Å². The molecule has 0 atom stereocenters.